The molecule has 14 heavy (non-hydrogen) atoms. The summed E-state index contributed by atoms with van der Waals surface area (Å²) in [6.45, 7) is 4.71. The van der Waals surface area contributed by atoms with E-state index in [1.54, 1.807) is 0 Å². The van der Waals surface area contributed by atoms with Gasteiger partial charge in [-0.1, -0.05) is 20.3 Å². The summed E-state index contributed by atoms with van der Waals surface area (Å²) in [4.78, 5) is 0. The molecule has 0 aromatic carbocycles. The second kappa shape index (κ2) is 4.22. The van der Waals surface area contributed by atoms with Crippen LogP contribution in [0.5, 0.6) is 0 Å². The summed E-state index contributed by atoms with van der Waals surface area (Å²) in [7, 11) is 0. The SMILES string of the molecule is CCC(C)C1CC2CCC(O)CC2C1. The van der Waals surface area contributed by atoms with Gasteiger partial charge in [0.1, 0.15) is 0 Å². The van der Waals surface area contributed by atoms with Crippen molar-refractivity contribution in [2.24, 2.45) is 23.7 Å². The molecule has 82 valence electrons. The summed E-state index contributed by atoms with van der Waals surface area (Å²) >= 11 is 0. The average Bonchev–Trinajstić information content (AvgIpc) is 2.59. The van der Waals surface area contributed by atoms with Crippen molar-refractivity contribution in [3.63, 3.8) is 0 Å². The van der Waals surface area contributed by atoms with Crippen LogP contribution in [0.3, 0.4) is 0 Å². The summed E-state index contributed by atoms with van der Waals surface area (Å²) in [5.41, 5.74) is 0. The van der Waals surface area contributed by atoms with Gasteiger partial charge in [0.15, 0.2) is 0 Å². The van der Waals surface area contributed by atoms with Crippen molar-refractivity contribution in [2.45, 2.75) is 58.5 Å². The molecule has 2 saturated carbocycles. The maximum absolute atomic E-state index is 9.64. The number of hydrogen-bond donors (Lipinski definition) is 1. The van der Waals surface area contributed by atoms with E-state index >= 15 is 0 Å². The molecule has 0 bridgehead atoms. The Bertz CT molecular complexity index is 190. The third kappa shape index (κ3) is 1.98. The first-order chi connectivity index (χ1) is 6.70. The van der Waals surface area contributed by atoms with Gasteiger partial charge in [0.2, 0.25) is 0 Å². The molecular weight excluding hydrogens is 172 g/mol. The van der Waals surface area contributed by atoms with Gasteiger partial charge in [-0.3, -0.25) is 0 Å². The number of rotatable bonds is 2. The van der Waals surface area contributed by atoms with E-state index in [1.807, 2.05) is 0 Å². The highest BCUT2D eigenvalue weighted by Crippen LogP contribution is 2.47. The molecule has 0 aromatic rings. The average molecular weight is 196 g/mol. The minimum Gasteiger partial charge on any atom is -0.393 e. The van der Waals surface area contributed by atoms with Gasteiger partial charge in [0.05, 0.1) is 6.10 Å². The van der Waals surface area contributed by atoms with Gasteiger partial charge in [-0.25, -0.2) is 0 Å². The molecule has 5 atom stereocenters. The fraction of sp³-hybridized carbons (Fsp3) is 1.00. The van der Waals surface area contributed by atoms with Crippen molar-refractivity contribution in [3.8, 4) is 0 Å². The molecule has 0 saturated heterocycles. The lowest BCUT2D eigenvalue weighted by molar-refractivity contribution is 0.0805. The van der Waals surface area contributed by atoms with Crippen LogP contribution in [0.4, 0.5) is 0 Å². The normalized spacial score (nSPS) is 44.8. The quantitative estimate of drug-likeness (QED) is 0.719. The summed E-state index contributed by atoms with van der Waals surface area (Å²) in [6, 6.07) is 0. The van der Waals surface area contributed by atoms with E-state index in [4.69, 9.17) is 0 Å². The molecule has 1 nitrogen and oxygen atoms in total. The van der Waals surface area contributed by atoms with E-state index < -0.39 is 0 Å². The van der Waals surface area contributed by atoms with Crippen LogP contribution in [0.25, 0.3) is 0 Å². The van der Waals surface area contributed by atoms with Gasteiger partial charge in [-0.05, 0) is 55.8 Å². The molecule has 2 rings (SSSR count). The lowest BCUT2D eigenvalue weighted by Crippen LogP contribution is -2.23. The van der Waals surface area contributed by atoms with Gasteiger partial charge in [-0.15, -0.1) is 0 Å². The standard InChI is InChI=1S/C13H24O/c1-3-9(2)11-6-10-4-5-13(14)8-12(10)7-11/h9-14H,3-8H2,1-2H3. The van der Waals surface area contributed by atoms with Crippen molar-refractivity contribution >= 4 is 0 Å². The fourth-order valence-electron chi connectivity index (χ4n) is 3.57. The molecule has 2 aliphatic rings. The van der Waals surface area contributed by atoms with Gasteiger partial charge in [-0.2, -0.15) is 0 Å². The van der Waals surface area contributed by atoms with Crippen molar-refractivity contribution in [2.75, 3.05) is 0 Å². The second-order valence-corrected chi connectivity index (χ2v) is 5.60. The lowest BCUT2D eigenvalue weighted by Gasteiger charge is -2.28. The van der Waals surface area contributed by atoms with E-state index in [2.05, 4.69) is 13.8 Å². The lowest BCUT2D eigenvalue weighted by atomic mass is 9.80. The van der Waals surface area contributed by atoms with Crippen molar-refractivity contribution in [1.82, 2.24) is 0 Å². The van der Waals surface area contributed by atoms with Crippen LogP contribution in [-0.4, -0.2) is 11.2 Å². The zero-order valence-electron chi connectivity index (χ0n) is 9.58. The first-order valence-electron chi connectivity index (χ1n) is 6.38. The Kier molecular flexibility index (Phi) is 3.16. The van der Waals surface area contributed by atoms with Gasteiger partial charge in [0, 0.05) is 0 Å². The van der Waals surface area contributed by atoms with Crippen molar-refractivity contribution < 1.29 is 5.11 Å². The number of aliphatic hydroxyl groups is 1. The van der Waals surface area contributed by atoms with E-state index in [0.29, 0.717) is 0 Å². The third-order valence-corrected chi connectivity index (χ3v) is 4.77. The highest BCUT2D eigenvalue weighted by atomic mass is 16.3. The van der Waals surface area contributed by atoms with Crippen LogP contribution >= 0.6 is 0 Å². The number of hydrogen-bond acceptors (Lipinski definition) is 1. The number of fused-ring (bicyclic) bond motifs is 1. The first-order valence-corrected chi connectivity index (χ1v) is 6.38. The maximum Gasteiger partial charge on any atom is 0.0543 e. The molecule has 0 aromatic heterocycles. The molecule has 1 N–H and O–H groups in total. The van der Waals surface area contributed by atoms with Gasteiger partial charge < -0.3 is 5.11 Å². The smallest absolute Gasteiger partial charge is 0.0543 e. The summed E-state index contributed by atoms with van der Waals surface area (Å²) in [5.74, 6) is 3.67. The molecule has 0 spiro atoms. The van der Waals surface area contributed by atoms with Crippen LogP contribution in [0.2, 0.25) is 0 Å². The minimum atomic E-state index is 0.0203. The molecule has 5 unspecified atom stereocenters. The van der Waals surface area contributed by atoms with Crippen molar-refractivity contribution in [3.05, 3.63) is 0 Å². The summed E-state index contributed by atoms with van der Waals surface area (Å²) in [6.07, 6.45) is 7.65. The Balaban J connectivity index is 1.92. The Morgan fingerprint density at radius 1 is 1.14 bits per heavy atom. The van der Waals surface area contributed by atoms with Crippen LogP contribution in [0, 0.1) is 23.7 Å². The van der Waals surface area contributed by atoms with Crippen LogP contribution < -0.4 is 0 Å². The Morgan fingerprint density at radius 3 is 2.57 bits per heavy atom. The fourth-order valence-corrected chi connectivity index (χ4v) is 3.57. The van der Waals surface area contributed by atoms with Crippen LogP contribution in [-0.2, 0) is 0 Å². The molecule has 2 fully saturated rings. The third-order valence-electron chi connectivity index (χ3n) is 4.77. The van der Waals surface area contributed by atoms with Crippen LogP contribution in [0.15, 0.2) is 0 Å². The van der Waals surface area contributed by atoms with Crippen molar-refractivity contribution in [1.29, 1.82) is 0 Å². The molecule has 0 aliphatic heterocycles. The predicted molar refractivity (Wildman–Crippen MR) is 59.0 cm³/mol. The second-order valence-electron chi connectivity index (χ2n) is 5.60. The Morgan fingerprint density at radius 2 is 1.86 bits per heavy atom. The topological polar surface area (TPSA) is 20.2 Å². The van der Waals surface area contributed by atoms with Gasteiger partial charge >= 0.3 is 0 Å². The highest BCUT2D eigenvalue weighted by molar-refractivity contribution is 4.90. The maximum atomic E-state index is 9.64. The predicted octanol–water partition coefficient (Wildman–Crippen LogP) is 3.22. The highest BCUT2D eigenvalue weighted by Gasteiger charge is 2.39. The first kappa shape index (κ1) is 10.5. The molecular formula is C13H24O. The molecule has 0 heterocycles. The van der Waals surface area contributed by atoms with Crippen LogP contribution in [0.1, 0.15) is 52.4 Å². The Hall–Kier alpha value is -0.0400. The zero-order chi connectivity index (χ0) is 10.1. The summed E-state index contributed by atoms with van der Waals surface area (Å²) in [5, 5.41) is 9.64. The molecule has 0 radical (unpaired) electrons. The minimum absolute atomic E-state index is 0.0203. The summed E-state index contributed by atoms with van der Waals surface area (Å²) < 4.78 is 0. The monoisotopic (exact) mass is 196 g/mol. The molecule has 0 amide bonds. The van der Waals surface area contributed by atoms with E-state index in [0.717, 1.165) is 36.5 Å². The van der Waals surface area contributed by atoms with E-state index in [1.165, 1.54) is 25.7 Å². The number of aliphatic hydroxyl groups excluding tert-OH is 1. The van der Waals surface area contributed by atoms with Gasteiger partial charge in [0.25, 0.3) is 0 Å². The zero-order valence-corrected chi connectivity index (χ0v) is 9.58. The van der Waals surface area contributed by atoms with E-state index in [-0.39, 0.29) is 6.10 Å². The molecule has 1 heteroatoms. The molecule has 2 aliphatic carbocycles. The largest absolute Gasteiger partial charge is 0.393 e. The Labute approximate surface area is 87.9 Å². The van der Waals surface area contributed by atoms with E-state index in [9.17, 15) is 5.11 Å².